The van der Waals surface area contributed by atoms with Gasteiger partial charge >= 0.3 is 0 Å². The Morgan fingerprint density at radius 3 is 2.73 bits per heavy atom. The minimum absolute atomic E-state index is 0.476. The van der Waals surface area contributed by atoms with E-state index >= 15 is 0 Å². The van der Waals surface area contributed by atoms with E-state index in [1.54, 1.807) is 0 Å². The highest BCUT2D eigenvalue weighted by Crippen LogP contribution is 2.44. The Morgan fingerprint density at radius 2 is 2.20 bits per heavy atom. The van der Waals surface area contributed by atoms with Crippen LogP contribution in [0.1, 0.15) is 25.8 Å². The molecule has 0 heterocycles. The average Bonchev–Trinajstić information content (AvgIpc) is 2.73. The first-order valence-electron chi connectivity index (χ1n) is 5.26. The van der Waals surface area contributed by atoms with Crippen molar-refractivity contribution in [1.82, 2.24) is 5.32 Å². The first-order valence-corrected chi connectivity index (χ1v) is 6.05. The minimum atomic E-state index is 0.476. The molecule has 1 aromatic carbocycles. The number of nitrogen functional groups attached to an aromatic ring is 1. The second-order valence-electron chi connectivity index (χ2n) is 4.97. The topological polar surface area (TPSA) is 38.0 Å². The van der Waals surface area contributed by atoms with Gasteiger partial charge in [0.15, 0.2) is 0 Å². The molecule has 1 atom stereocenters. The van der Waals surface area contributed by atoms with E-state index in [9.17, 15) is 0 Å². The molecule has 1 unspecified atom stereocenters. The third-order valence-electron chi connectivity index (χ3n) is 3.16. The predicted octanol–water partition coefficient (Wildman–Crippen LogP) is 2.92. The molecule has 2 nitrogen and oxygen atoms in total. The van der Waals surface area contributed by atoms with Crippen LogP contribution >= 0.6 is 15.9 Å². The number of rotatable bonds is 3. The van der Waals surface area contributed by atoms with Gasteiger partial charge in [-0.1, -0.05) is 35.8 Å². The molecule has 1 fully saturated rings. The number of hydrogen-bond acceptors (Lipinski definition) is 2. The maximum atomic E-state index is 5.93. The summed E-state index contributed by atoms with van der Waals surface area (Å²) in [6.07, 6.45) is 1.27. The lowest BCUT2D eigenvalue weighted by atomic mass is 10.1. The second-order valence-corrected chi connectivity index (χ2v) is 5.89. The molecule has 3 heteroatoms. The van der Waals surface area contributed by atoms with Gasteiger partial charge in [-0.2, -0.15) is 0 Å². The summed E-state index contributed by atoms with van der Waals surface area (Å²) in [5.74, 6) is 0. The van der Waals surface area contributed by atoms with Gasteiger partial charge in [0, 0.05) is 22.7 Å². The number of hydrogen-bond donors (Lipinski definition) is 2. The van der Waals surface area contributed by atoms with Gasteiger partial charge in [-0.05, 0) is 29.5 Å². The van der Waals surface area contributed by atoms with E-state index < -0.39 is 0 Å². The Hall–Kier alpha value is -0.540. The first-order chi connectivity index (χ1) is 6.99. The van der Waals surface area contributed by atoms with Crippen LogP contribution in [0, 0.1) is 5.41 Å². The number of nitrogens with two attached hydrogens (primary N) is 1. The molecule has 0 amide bonds. The molecule has 0 aromatic heterocycles. The van der Waals surface area contributed by atoms with E-state index in [0.29, 0.717) is 11.5 Å². The van der Waals surface area contributed by atoms with Gasteiger partial charge in [0.1, 0.15) is 0 Å². The molecule has 1 saturated carbocycles. The van der Waals surface area contributed by atoms with E-state index in [0.717, 1.165) is 16.7 Å². The maximum absolute atomic E-state index is 5.93. The van der Waals surface area contributed by atoms with Crippen molar-refractivity contribution in [3.05, 3.63) is 28.2 Å². The molecule has 15 heavy (non-hydrogen) atoms. The van der Waals surface area contributed by atoms with Gasteiger partial charge in [-0.3, -0.25) is 0 Å². The van der Waals surface area contributed by atoms with Crippen LogP contribution in [-0.2, 0) is 6.54 Å². The van der Waals surface area contributed by atoms with Crippen molar-refractivity contribution in [1.29, 1.82) is 0 Å². The van der Waals surface area contributed by atoms with Crippen LogP contribution in [0.15, 0.2) is 22.7 Å². The smallest absolute Gasteiger partial charge is 0.0370 e. The highest BCUT2D eigenvalue weighted by atomic mass is 79.9. The standard InChI is InChI=1S/C12H17BrN2/c1-12(2)6-11(12)15-7-8-3-4-9(13)5-10(8)14/h3-5,11,15H,6-7,14H2,1-2H3. The van der Waals surface area contributed by atoms with Crippen molar-refractivity contribution >= 4 is 21.6 Å². The predicted molar refractivity (Wildman–Crippen MR) is 67.6 cm³/mol. The normalized spacial score (nSPS) is 22.7. The van der Waals surface area contributed by atoms with Gasteiger partial charge in [-0.25, -0.2) is 0 Å². The molecule has 3 N–H and O–H groups in total. The van der Waals surface area contributed by atoms with E-state index in [1.807, 2.05) is 12.1 Å². The number of anilines is 1. The zero-order valence-corrected chi connectivity index (χ0v) is 10.8. The molecule has 0 bridgehead atoms. The molecule has 1 aliphatic carbocycles. The van der Waals surface area contributed by atoms with E-state index in [-0.39, 0.29) is 0 Å². The van der Waals surface area contributed by atoms with Gasteiger partial charge in [0.05, 0.1) is 0 Å². The molecule has 0 aliphatic heterocycles. The van der Waals surface area contributed by atoms with Crippen LogP contribution in [0.4, 0.5) is 5.69 Å². The van der Waals surface area contributed by atoms with Crippen molar-refractivity contribution in [3.8, 4) is 0 Å². The fourth-order valence-corrected chi connectivity index (χ4v) is 2.15. The van der Waals surface area contributed by atoms with Crippen LogP contribution in [0.25, 0.3) is 0 Å². The maximum Gasteiger partial charge on any atom is 0.0370 e. The monoisotopic (exact) mass is 268 g/mol. The van der Waals surface area contributed by atoms with Crippen LogP contribution in [0.2, 0.25) is 0 Å². The van der Waals surface area contributed by atoms with Crippen molar-refractivity contribution in [2.45, 2.75) is 32.9 Å². The quantitative estimate of drug-likeness (QED) is 0.828. The average molecular weight is 269 g/mol. The molecule has 0 saturated heterocycles. The summed E-state index contributed by atoms with van der Waals surface area (Å²) >= 11 is 3.41. The highest BCUT2D eigenvalue weighted by Gasteiger charge is 2.44. The SMILES string of the molecule is CC1(C)CC1NCc1ccc(Br)cc1N. The minimum Gasteiger partial charge on any atom is -0.398 e. The Kier molecular flexibility index (Phi) is 2.77. The summed E-state index contributed by atoms with van der Waals surface area (Å²) in [4.78, 5) is 0. The Balaban J connectivity index is 1.94. The van der Waals surface area contributed by atoms with Crippen LogP contribution in [-0.4, -0.2) is 6.04 Å². The lowest BCUT2D eigenvalue weighted by Crippen LogP contribution is -2.20. The largest absolute Gasteiger partial charge is 0.398 e. The highest BCUT2D eigenvalue weighted by molar-refractivity contribution is 9.10. The molecule has 2 rings (SSSR count). The third-order valence-corrected chi connectivity index (χ3v) is 3.65. The number of nitrogens with one attached hydrogen (secondary N) is 1. The molecular weight excluding hydrogens is 252 g/mol. The number of halogens is 1. The summed E-state index contributed by atoms with van der Waals surface area (Å²) in [5.41, 5.74) is 8.44. The van der Waals surface area contributed by atoms with Crippen LogP contribution in [0.3, 0.4) is 0 Å². The van der Waals surface area contributed by atoms with Gasteiger partial charge in [0.25, 0.3) is 0 Å². The Labute approximate surface area is 99.4 Å². The molecule has 82 valence electrons. The first kappa shape index (κ1) is 11.0. The van der Waals surface area contributed by atoms with Gasteiger partial charge in [-0.15, -0.1) is 0 Å². The summed E-state index contributed by atoms with van der Waals surface area (Å²) in [7, 11) is 0. The van der Waals surface area contributed by atoms with Crippen LogP contribution in [0.5, 0.6) is 0 Å². The molecule has 0 radical (unpaired) electrons. The van der Waals surface area contributed by atoms with E-state index in [2.05, 4.69) is 41.2 Å². The lowest BCUT2D eigenvalue weighted by molar-refractivity contribution is 0.542. The van der Waals surface area contributed by atoms with Gasteiger partial charge < -0.3 is 11.1 Å². The Bertz CT molecular complexity index is 374. The molecule has 0 spiro atoms. The molecule has 1 aliphatic rings. The third kappa shape index (κ3) is 2.52. The van der Waals surface area contributed by atoms with Crippen molar-refractivity contribution < 1.29 is 0 Å². The zero-order chi connectivity index (χ0) is 11.1. The zero-order valence-electron chi connectivity index (χ0n) is 9.18. The lowest BCUT2D eigenvalue weighted by Gasteiger charge is -2.09. The summed E-state index contributed by atoms with van der Waals surface area (Å²) in [5, 5.41) is 3.53. The van der Waals surface area contributed by atoms with Crippen molar-refractivity contribution in [3.63, 3.8) is 0 Å². The summed E-state index contributed by atoms with van der Waals surface area (Å²) in [6, 6.07) is 6.71. The summed E-state index contributed by atoms with van der Waals surface area (Å²) < 4.78 is 1.04. The second kappa shape index (κ2) is 3.80. The van der Waals surface area contributed by atoms with Crippen LogP contribution < -0.4 is 11.1 Å². The van der Waals surface area contributed by atoms with E-state index in [1.165, 1.54) is 12.0 Å². The number of benzene rings is 1. The van der Waals surface area contributed by atoms with Crippen molar-refractivity contribution in [2.75, 3.05) is 5.73 Å². The molecule has 1 aromatic rings. The van der Waals surface area contributed by atoms with Gasteiger partial charge in [0.2, 0.25) is 0 Å². The molecular formula is C12H17BrN2. The fourth-order valence-electron chi connectivity index (χ4n) is 1.78. The fraction of sp³-hybridized carbons (Fsp3) is 0.500. The summed E-state index contributed by atoms with van der Waals surface area (Å²) in [6.45, 7) is 5.44. The Morgan fingerprint density at radius 1 is 1.53 bits per heavy atom. The van der Waals surface area contributed by atoms with E-state index in [4.69, 9.17) is 5.73 Å². The van der Waals surface area contributed by atoms with Crippen molar-refractivity contribution in [2.24, 2.45) is 5.41 Å².